The van der Waals surface area contributed by atoms with E-state index < -0.39 is 10.2 Å². The van der Waals surface area contributed by atoms with E-state index in [4.69, 9.17) is 9.88 Å². The fourth-order valence-electron chi connectivity index (χ4n) is 2.28. The predicted molar refractivity (Wildman–Crippen MR) is 70.7 cm³/mol. The molecule has 19 heavy (non-hydrogen) atoms. The van der Waals surface area contributed by atoms with E-state index in [9.17, 15) is 13.7 Å². The van der Waals surface area contributed by atoms with Crippen LogP contribution >= 0.6 is 0 Å². The van der Waals surface area contributed by atoms with Gasteiger partial charge >= 0.3 is 0 Å². The van der Waals surface area contributed by atoms with E-state index in [-0.39, 0.29) is 11.6 Å². The lowest BCUT2D eigenvalue weighted by atomic mass is 9.88. The van der Waals surface area contributed by atoms with E-state index in [0.717, 1.165) is 18.4 Å². The second kappa shape index (κ2) is 5.57. The maximum absolute atomic E-state index is 11.1. The van der Waals surface area contributed by atoms with E-state index in [2.05, 4.69) is 10.8 Å². The van der Waals surface area contributed by atoms with Crippen molar-refractivity contribution >= 4 is 15.9 Å². The van der Waals surface area contributed by atoms with Crippen LogP contribution in [0, 0.1) is 11.3 Å². The summed E-state index contributed by atoms with van der Waals surface area (Å²) < 4.78 is 29.7. The summed E-state index contributed by atoms with van der Waals surface area (Å²) in [6, 6.07) is 7.17. The Morgan fingerprint density at radius 3 is 2.63 bits per heavy atom. The molecule has 1 aliphatic heterocycles. The molecule has 0 aromatic heterocycles. The van der Waals surface area contributed by atoms with Crippen LogP contribution in [-0.2, 0) is 14.9 Å². The molecule has 1 aliphatic rings. The summed E-state index contributed by atoms with van der Waals surface area (Å²) in [5.74, 6) is 0.214. The van der Waals surface area contributed by atoms with Crippen molar-refractivity contribution in [3.8, 4) is 6.07 Å². The van der Waals surface area contributed by atoms with Gasteiger partial charge in [-0.05, 0) is 30.4 Å². The molecule has 0 radical (unpaired) electrons. The molecular weight excluding hydrogens is 266 g/mol. The van der Waals surface area contributed by atoms with Gasteiger partial charge in [-0.2, -0.15) is 13.7 Å². The van der Waals surface area contributed by atoms with Crippen molar-refractivity contribution in [1.82, 2.24) is 0 Å². The second-order valence-corrected chi connectivity index (χ2v) is 5.71. The van der Waals surface area contributed by atoms with Gasteiger partial charge in [-0.15, -0.1) is 0 Å². The third-order valence-electron chi connectivity index (χ3n) is 3.12. The van der Waals surface area contributed by atoms with Gasteiger partial charge < -0.3 is 4.74 Å². The number of rotatable bonds is 3. The molecule has 1 saturated heterocycles. The van der Waals surface area contributed by atoms with Gasteiger partial charge in [-0.3, -0.25) is 4.72 Å². The van der Waals surface area contributed by atoms with E-state index in [1.807, 2.05) is 6.07 Å². The molecule has 0 spiro atoms. The van der Waals surface area contributed by atoms with E-state index in [1.165, 1.54) is 6.07 Å². The third-order valence-corrected chi connectivity index (χ3v) is 3.63. The highest BCUT2D eigenvalue weighted by Crippen LogP contribution is 2.32. The van der Waals surface area contributed by atoms with Gasteiger partial charge in [0.15, 0.2) is 0 Å². The van der Waals surface area contributed by atoms with Crippen molar-refractivity contribution in [2.24, 2.45) is 5.14 Å². The number of ether oxygens (including phenoxy) is 1. The normalized spacial score (nSPS) is 16.8. The standard InChI is InChI=1S/C12H15N3O3S/c13-8-11-10(9-4-6-18-7-5-9)2-1-3-12(11)15-19(14,16)17/h1-3,9,15H,4-7H2,(H2,14,16,17). The zero-order valence-electron chi connectivity index (χ0n) is 10.3. The third kappa shape index (κ3) is 3.44. The lowest BCUT2D eigenvalue weighted by molar-refractivity contribution is 0.0853. The summed E-state index contributed by atoms with van der Waals surface area (Å²) >= 11 is 0. The fourth-order valence-corrected chi connectivity index (χ4v) is 2.76. The minimum Gasteiger partial charge on any atom is -0.381 e. The van der Waals surface area contributed by atoms with E-state index in [0.29, 0.717) is 18.8 Å². The van der Waals surface area contributed by atoms with Crippen LogP contribution in [0.5, 0.6) is 0 Å². The van der Waals surface area contributed by atoms with Gasteiger partial charge in [0.25, 0.3) is 10.2 Å². The highest BCUT2D eigenvalue weighted by molar-refractivity contribution is 7.90. The molecule has 6 nitrogen and oxygen atoms in total. The summed E-state index contributed by atoms with van der Waals surface area (Å²) in [4.78, 5) is 0. The summed E-state index contributed by atoms with van der Waals surface area (Å²) in [6.45, 7) is 1.31. The van der Waals surface area contributed by atoms with Gasteiger partial charge in [0.2, 0.25) is 0 Å². The zero-order valence-corrected chi connectivity index (χ0v) is 11.1. The smallest absolute Gasteiger partial charge is 0.296 e. The summed E-state index contributed by atoms with van der Waals surface area (Å²) in [7, 11) is -3.88. The molecular formula is C12H15N3O3S. The van der Waals surface area contributed by atoms with Crippen LogP contribution in [0.4, 0.5) is 5.69 Å². The molecule has 0 amide bonds. The number of nitrogens with zero attached hydrogens (tertiary/aromatic N) is 1. The molecule has 1 fully saturated rings. The number of nitriles is 1. The Morgan fingerprint density at radius 1 is 1.37 bits per heavy atom. The summed E-state index contributed by atoms with van der Waals surface area (Å²) in [5, 5.41) is 14.2. The van der Waals surface area contributed by atoms with Crippen molar-refractivity contribution < 1.29 is 13.2 Å². The Labute approximate surface area is 112 Å². The summed E-state index contributed by atoms with van der Waals surface area (Å²) in [6.07, 6.45) is 1.65. The topological polar surface area (TPSA) is 105 Å². The fraction of sp³-hybridized carbons (Fsp3) is 0.417. The predicted octanol–water partition coefficient (Wildman–Crippen LogP) is 1.07. The molecule has 0 bridgehead atoms. The average molecular weight is 281 g/mol. The van der Waals surface area contributed by atoms with Gasteiger partial charge in [0, 0.05) is 13.2 Å². The highest BCUT2D eigenvalue weighted by Gasteiger charge is 2.21. The quantitative estimate of drug-likeness (QED) is 0.864. The van der Waals surface area contributed by atoms with Crippen molar-refractivity contribution in [1.29, 1.82) is 5.26 Å². The first-order valence-electron chi connectivity index (χ1n) is 5.92. The number of anilines is 1. The monoisotopic (exact) mass is 281 g/mol. The van der Waals surface area contributed by atoms with Gasteiger partial charge in [0.1, 0.15) is 6.07 Å². The first-order valence-corrected chi connectivity index (χ1v) is 7.47. The number of nitrogens with two attached hydrogens (primary N) is 1. The number of benzene rings is 1. The van der Waals surface area contributed by atoms with Gasteiger partial charge in [0.05, 0.1) is 11.3 Å². The van der Waals surface area contributed by atoms with E-state index in [1.54, 1.807) is 6.07 Å². The molecule has 7 heteroatoms. The molecule has 1 aromatic rings. The Balaban J connectivity index is 2.39. The molecule has 102 valence electrons. The van der Waals surface area contributed by atoms with Gasteiger partial charge in [-0.1, -0.05) is 12.1 Å². The molecule has 3 N–H and O–H groups in total. The maximum atomic E-state index is 11.1. The molecule has 2 rings (SSSR count). The van der Waals surface area contributed by atoms with Crippen LogP contribution in [-0.4, -0.2) is 21.6 Å². The Bertz CT molecular complexity index is 601. The average Bonchev–Trinajstić information content (AvgIpc) is 2.37. The zero-order chi connectivity index (χ0) is 13.9. The minimum absolute atomic E-state index is 0.214. The van der Waals surface area contributed by atoms with Crippen LogP contribution in [0.3, 0.4) is 0 Å². The maximum Gasteiger partial charge on any atom is 0.296 e. The minimum atomic E-state index is -3.88. The second-order valence-electron chi connectivity index (χ2n) is 4.42. The Hall–Kier alpha value is -1.62. The SMILES string of the molecule is N#Cc1c(NS(N)(=O)=O)cccc1C1CCOCC1. The number of nitrogens with one attached hydrogen (secondary N) is 1. The van der Waals surface area contributed by atoms with Crippen molar-refractivity contribution in [2.45, 2.75) is 18.8 Å². The van der Waals surface area contributed by atoms with Crippen LogP contribution in [0.1, 0.15) is 29.9 Å². The van der Waals surface area contributed by atoms with Crippen LogP contribution in [0.25, 0.3) is 0 Å². The van der Waals surface area contributed by atoms with Crippen molar-refractivity contribution in [3.05, 3.63) is 29.3 Å². The molecule has 0 saturated carbocycles. The molecule has 0 unspecified atom stereocenters. The first-order chi connectivity index (χ1) is 9.01. The van der Waals surface area contributed by atoms with Crippen molar-refractivity contribution in [3.63, 3.8) is 0 Å². The Kier molecular flexibility index (Phi) is 4.04. The largest absolute Gasteiger partial charge is 0.381 e. The highest BCUT2D eigenvalue weighted by atomic mass is 32.2. The van der Waals surface area contributed by atoms with Crippen LogP contribution < -0.4 is 9.86 Å². The van der Waals surface area contributed by atoms with Crippen LogP contribution in [0.15, 0.2) is 18.2 Å². The van der Waals surface area contributed by atoms with Crippen LogP contribution in [0.2, 0.25) is 0 Å². The summed E-state index contributed by atoms with van der Waals surface area (Å²) in [5.41, 5.74) is 1.41. The molecule has 1 aromatic carbocycles. The Morgan fingerprint density at radius 2 is 2.05 bits per heavy atom. The lowest BCUT2D eigenvalue weighted by Gasteiger charge is -2.24. The number of hydrogen-bond acceptors (Lipinski definition) is 4. The lowest BCUT2D eigenvalue weighted by Crippen LogP contribution is -2.23. The van der Waals surface area contributed by atoms with Crippen molar-refractivity contribution in [2.75, 3.05) is 17.9 Å². The van der Waals surface area contributed by atoms with E-state index >= 15 is 0 Å². The molecule has 1 heterocycles. The first kappa shape index (κ1) is 13.8. The molecule has 0 aliphatic carbocycles. The number of hydrogen-bond donors (Lipinski definition) is 2. The van der Waals surface area contributed by atoms with Gasteiger partial charge in [-0.25, -0.2) is 5.14 Å². The molecule has 0 atom stereocenters.